The number of nitrogens with zero attached hydrogens (tertiary/aromatic N) is 1. The molecule has 1 rings (SSSR count). The molecule has 0 atom stereocenters. The van der Waals surface area contributed by atoms with Gasteiger partial charge in [0.15, 0.2) is 0 Å². The summed E-state index contributed by atoms with van der Waals surface area (Å²) < 4.78 is 41.0. The van der Waals surface area contributed by atoms with Crippen molar-refractivity contribution in [1.29, 1.82) is 0 Å². The third kappa shape index (κ3) is 6.42. The fourth-order valence-corrected chi connectivity index (χ4v) is 1.54. The van der Waals surface area contributed by atoms with Crippen LogP contribution in [0.3, 0.4) is 0 Å². The highest BCUT2D eigenvalue weighted by Gasteiger charge is 2.26. The molecule has 19 heavy (non-hydrogen) atoms. The first kappa shape index (κ1) is 15.8. The lowest BCUT2D eigenvalue weighted by Gasteiger charge is -2.10. The maximum Gasteiger partial charge on any atom is 0.389 e. The zero-order chi connectivity index (χ0) is 14.3. The summed E-state index contributed by atoms with van der Waals surface area (Å²) in [6.45, 7) is 5.49. The van der Waals surface area contributed by atoms with Crippen molar-refractivity contribution in [2.45, 2.75) is 39.4 Å². The Morgan fingerprint density at radius 1 is 1.32 bits per heavy atom. The molecule has 0 saturated carbocycles. The first-order chi connectivity index (χ1) is 8.92. The molecule has 0 saturated heterocycles. The van der Waals surface area contributed by atoms with Crippen molar-refractivity contribution in [3.05, 3.63) is 23.4 Å². The molecule has 0 bridgehead atoms. The molecule has 0 aliphatic rings. The van der Waals surface area contributed by atoms with Gasteiger partial charge < -0.3 is 10.1 Å². The van der Waals surface area contributed by atoms with Gasteiger partial charge in [-0.2, -0.15) is 13.2 Å². The smallest absolute Gasteiger partial charge is 0.389 e. The topological polar surface area (TPSA) is 34.1 Å². The van der Waals surface area contributed by atoms with Crippen LogP contribution in [0.15, 0.2) is 12.1 Å². The van der Waals surface area contributed by atoms with Crippen LogP contribution in [-0.2, 0) is 6.54 Å². The minimum Gasteiger partial charge on any atom is -0.478 e. The lowest BCUT2D eigenvalue weighted by atomic mass is 10.2. The Labute approximate surface area is 111 Å². The zero-order valence-corrected chi connectivity index (χ0v) is 11.2. The second-order valence-corrected chi connectivity index (χ2v) is 4.24. The number of hydrogen-bond acceptors (Lipinski definition) is 3. The van der Waals surface area contributed by atoms with E-state index >= 15 is 0 Å². The monoisotopic (exact) mass is 276 g/mol. The van der Waals surface area contributed by atoms with Crippen molar-refractivity contribution in [3.63, 3.8) is 0 Å². The van der Waals surface area contributed by atoms with E-state index in [2.05, 4.69) is 10.3 Å². The average molecular weight is 276 g/mol. The third-order valence-corrected chi connectivity index (χ3v) is 2.59. The van der Waals surface area contributed by atoms with Crippen LogP contribution in [0.25, 0.3) is 0 Å². The molecule has 0 aliphatic heterocycles. The number of alkyl halides is 3. The molecule has 1 N–H and O–H groups in total. The quantitative estimate of drug-likeness (QED) is 0.776. The van der Waals surface area contributed by atoms with E-state index in [0.29, 0.717) is 5.88 Å². The predicted octanol–water partition coefficient (Wildman–Crippen LogP) is 3.22. The summed E-state index contributed by atoms with van der Waals surface area (Å²) in [5, 5.41) is 3.19. The van der Waals surface area contributed by atoms with Gasteiger partial charge in [0.05, 0.1) is 6.61 Å². The first-order valence-corrected chi connectivity index (χ1v) is 6.29. The molecule has 1 aromatic rings. The van der Waals surface area contributed by atoms with E-state index < -0.39 is 12.6 Å². The lowest BCUT2D eigenvalue weighted by molar-refractivity contribution is -0.136. The van der Waals surface area contributed by atoms with Crippen LogP contribution in [0.4, 0.5) is 13.2 Å². The fourth-order valence-electron chi connectivity index (χ4n) is 1.54. The molecule has 6 heteroatoms. The molecule has 0 aliphatic carbocycles. The molecule has 1 aromatic heterocycles. The highest BCUT2D eigenvalue weighted by atomic mass is 19.4. The maximum atomic E-state index is 11.9. The van der Waals surface area contributed by atoms with Crippen molar-refractivity contribution in [1.82, 2.24) is 10.3 Å². The Balaban J connectivity index is 2.41. The van der Waals surface area contributed by atoms with Crippen molar-refractivity contribution in [2.75, 3.05) is 13.2 Å². The number of rotatable bonds is 7. The Bertz CT molecular complexity index is 394. The van der Waals surface area contributed by atoms with Crippen LogP contribution in [0.5, 0.6) is 5.88 Å². The van der Waals surface area contributed by atoms with E-state index in [1.807, 2.05) is 19.9 Å². The van der Waals surface area contributed by atoms with Gasteiger partial charge in [-0.3, -0.25) is 0 Å². The second-order valence-electron chi connectivity index (χ2n) is 4.24. The molecule has 0 spiro atoms. The van der Waals surface area contributed by atoms with Crippen molar-refractivity contribution >= 4 is 0 Å². The number of aromatic nitrogens is 1. The lowest BCUT2D eigenvalue weighted by Crippen LogP contribution is -2.13. The largest absolute Gasteiger partial charge is 0.478 e. The van der Waals surface area contributed by atoms with Gasteiger partial charge in [0.1, 0.15) is 0 Å². The number of pyridine rings is 1. The van der Waals surface area contributed by atoms with Gasteiger partial charge in [-0.25, -0.2) is 4.98 Å². The normalized spacial score (nSPS) is 11.6. The van der Waals surface area contributed by atoms with Crippen LogP contribution >= 0.6 is 0 Å². The third-order valence-electron chi connectivity index (χ3n) is 2.59. The summed E-state index contributed by atoms with van der Waals surface area (Å²) in [5.41, 5.74) is 1.89. The van der Waals surface area contributed by atoms with E-state index in [1.54, 1.807) is 6.07 Å². The second kappa shape index (κ2) is 7.33. The van der Waals surface area contributed by atoms with Gasteiger partial charge in [0.2, 0.25) is 5.88 Å². The van der Waals surface area contributed by atoms with Gasteiger partial charge in [-0.05, 0) is 25.5 Å². The Morgan fingerprint density at radius 2 is 2.05 bits per heavy atom. The number of halogens is 3. The highest BCUT2D eigenvalue weighted by molar-refractivity contribution is 5.24. The molecule has 0 radical (unpaired) electrons. The minimum atomic E-state index is -4.12. The summed E-state index contributed by atoms with van der Waals surface area (Å²) in [6, 6.07) is 3.57. The fraction of sp³-hybridized carbons (Fsp3) is 0.615. The molecule has 108 valence electrons. The number of nitrogens with one attached hydrogen (secondary N) is 1. The SMILES string of the molecule is CCNCc1ccc(OCCCC(F)(F)F)nc1C. The summed E-state index contributed by atoms with van der Waals surface area (Å²) in [6.07, 6.45) is -5.00. The van der Waals surface area contributed by atoms with Crippen molar-refractivity contribution < 1.29 is 17.9 Å². The van der Waals surface area contributed by atoms with Gasteiger partial charge in [-0.15, -0.1) is 0 Å². The van der Waals surface area contributed by atoms with Gasteiger partial charge >= 0.3 is 6.18 Å². The standard InChI is InChI=1S/C13H19F3N2O/c1-3-17-9-11-5-6-12(18-10(11)2)19-8-4-7-13(14,15)16/h5-6,17H,3-4,7-9H2,1-2H3. The summed E-state index contributed by atoms with van der Waals surface area (Å²) in [5.74, 6) is 0.375. The Morgan fingerprint density at radius 3 is 2.63 bits per heavy atom. The summed E-state index contributed by atoms with van der Waals surface area (Å²) in [7, 11) is 0. The number of hydrogen-bond donors (Lipinski definition) is 1. The van der Waals surface area contributed by atoms with E-state index in [0.717, 1.165) is 24.3 Å². The van der Waals surface area contributed by atoms with Crippen molar-refractivity contribution in [3.8, 4) is 5.88 Å². The van der Waals surface area contributed by atoms with Crippen LogP contribution < -0.4 is 10.1 Å². The van der Waals surface area contributed by atoms with Crippen molar-refractivity contribution in [2.24, 2.45) is 0 Å². The maximum absolute atomic E-state index is 11.9. The first-order valence-electron chi connectivity index (χ1n) is 6.29. The Hall–Kier alpha value is -1.30. The van der Waals surface area contributed by atoms with Crippen LogP contribution in [0.1, 0.15) is 31.0 Å². The molecular weight excluding hydrogens is 257 g/mol. The van der Waals surface area contributed by atoms with E-state index in [-0.39, 0.29) is 13.0 Å². The van der Waals surface area contributed by atoms with Gasteiger partial charge in [-0.1, -0.05) is 13.0 Å². The van der Waals surface area contributed by atoms with E-state index in [9.17, 15) is 13.2 Å². The predicted molar refractivity (Wildman–Crippen MR) is 67.1 cm³/mol. The van der Waals surface area contributed by atoms with Crippen LogP contribution in [-0.4, -0.2) is 24.3 Å². The Kier molecular flexibility index (Phi) is 6.08. The molecular formula is C13H19F3N2O. The molecule has 0 unspecified atom stereocenters. The van der Waals surface area contributed by atoms with E-state index in [1.165, 1.54) is 0 Å². The summed E-state index contributed by atoms with van der Waals surface area (Å²) >= 11 is 0. The van der Waals surface area contributed by atoms with Gasteiger partial charge in [0, 0.05) is 24.7 Å². The molecule has 0 aromatic carbocycles. The van der Waals surface area contributed by atoms with E-state index in [4.69, 9.17) is 4.74 Å². The molecule has 0 amide bonds. The highest BCUT2D eigenvalue weighted by Crippen LogP contribution is 2.21. The number of aryl methyl sites for hydroxylation is 1. The number of ether oxygens (including phenoxy) is 1. The zero-order valence-electron chi connectivity index (χ0n) is 11.2. The van der Waals surface area contributed by atoms with Crippen LogP contribution in [0.2, 0.25) is 0 Å². The molecule has 1 heterocycles. The molecule has 0 fully saturated rings. The van der Waals surface area contributed by atoms with Crippen LogP contribution in [0, 0.1) is 6.92 Å². The average Bonchev–Trinajstić information content (AvgIpc) is 2.32. The molecule has 3 nitrogen and oxygen atoms in total. The summed E-state index contributed by atoms with van der Waals surface area (Å²) in [4.78, 5) is 4.22. The minimum absolute atomic E-state index is 0.0263. The van der Waals surface area contributed by atoms with Gasteiger partial charge in [0.25, 0.3) is 0 Å².